The van der Waals surface area contributed by atoms with Crippen LogP contribution in [0.4, 0.5) is 0 Å². The fourth-order valence-corrected chi connectivity index (χ4v) is 3.72. The third kappa shape index (κ3) is 1.50. The molecule has 2 aliphatic rings. The second kappa shape index (κ2) is 3.95. The number of hydrogen-bond donors (Lipinski definition) is 1. The Kier molecular flexibility index (Phi) is 2.63. The number of ketones is 1. The largest absolute Gasteiger partial charge is 0.461 e. The Balaban J connectivity index is 2.14. The highest BCUT2D eigenvalue weighted by Crippen LogP contribution is 2.52. The van der Waals surface area contributed by atoms with Crippen LogP contribution in [-0.4, -0.2) is 10.9 Å². The highest BCUT2D eigenvalue weighted by Gasteiger charge is 2.45. The average Bonchev–Trinajstić information content (AvgIpc) is 2.75. The molecule has 1 aromatic heterocycles. The van der Waals surface area contributed by atoms with Crippen molar-refractivity contribution in [2.24, 2.45) is 17.8 Å². The van der Waals surface area contributed by atoms with Crippen LogP contribution in [0, 0.1) is 17.8 Å². The average molecular weight is 248 g/mol. The fraction of sp³-hybridized carbons (Fsp3) is 0.667. The van der Waals surface area contributed by atoms with Gasteiger partial charge in [0.25, 0.3) is 0 Å². The van der Waals surface area contributed by atoms with Gasteiger partial charge in [-0.2, -0.15) is 0 Å². The molecular weight excluding hydrogens is 228 g/mol. The number of aliphatic hydroxyl groups excluding tert-OH is 1. The van der Waals surface area contributed by atoms with Crippen LogP contribution in [0.1, 0.15) is 67.3 Å². The second-order valence-electron chi connectivity index (χ2n) is 6.20. The molecular formula is C15H20O3. The minimum Gasteiger partial charge on any atom is -0.461 e. The lowest BCUT2D eigenvalue weighted by Crippen LogP contribution is -2.33. The van der Waals surface area contributed by atoms with Gasteiger partial charge in [-0.05, 0) is 30.6 Å². The first-order chi connectivity index (χ1) is 8.50. The van der Waals surface area contributed by atoms with Gasteiger partial charge in [0, 0.05) is 17.0 Å². The molecule has 0 bridgehead atoms. The number of hydrogen-bond acceptors (Lipinski definition) is 3. The Morgan fingerprint density at radius 1 is 1.39 bits per heavy atom. The van der Waals surface area contributed by atoms with Gasteiger partial charge >= 0.3 is 0 Å². The van der Waals surface area contributed by atoms with E-state index in [1.54, 1.807) is 6.26 Å². The molecule has 0 spiro atoms. The molecule has 1 N–H and O–H groups in total. The summed E-state index contributed by atoms with van der Waals surface area (Å²) in [6.45, 7) is 6.38. The summed E-state index contributed by atoms with van der Waals surface area (Å²) >= 11 is 0. The standard InChI is InChI=1S/C15H20O3/c1-7(2)9-5-12(16)11-6-18-15-13(11)10(9)4-8(3)14(15)17/h6-10,12,16H,4-5H2,1-3H3/t8-,9+,10-,12-/m1/s1. The molecule has 3 rings (SSSR count). The second-order valence-corrected chi connectivity index (χ2v) is 6.20. The zero-order chi connectivity index (χ0) is 13.0. The van der Waals surface area contributed by atoms with E-state index in [1.165, 1.54) is 0 Å². The SMILES string of the molecule is CC(C)[C@@H]1C[C@@H](O)c2coc3c2[C@@H]1C[C@@H](C)C3=O. The van der Waals surface area contributed by atoms with Crippen molar-refractivity contribution in [2.45, 2.75) is 45.6 Å². The van der Waals surface area contributed by atoms with Gasteiger partial charge in [0.15, 0.2) is 5.76 Å². The first-order valence-electron chi connectivity index (χ1n) is 6.84. The molecule has 1 heterocycles. The molecule has 98 valence electrons. The molecule has 0 amide bonds. The molecule has 18 heavy (non-hydrogen) atoms. The third-order valence-corrected chi connectivity index (χ3v) is 4.74. The maximum atomic E-state index is 12.1. The predicted octanol–water partition coefficient (Wildman–Crippen LogP) is 3.30. The Labute approximate surface area is 107 Å². The summed E-state index contributed by atoms with van der Waals surface area (Å²) < 4.78 is 5.46. The summed E-state index contributed by atoms with van der Waals surface area (Å²) in [6.07, 6.45) is 2.81. The minimum absolute atomic E-state index is 0.0398. The van der Waals surface area contributed by atoms with E-state index in [4.69, 9.17) is 4.42 Å². The van der Waals surface area contributed by atoms with Crippen molar-refractivity contribution >= 4 is 5.78 Å². The first-order valence-corrected chi connectivity index (χ1v) is 6.84. The van der Waals surface area contributed by atoms with Crippen LogP contribution < -0.4 is 0 Å². The van der Waals surface area contributed by atoms with E-state index >= 15 is 0 Å². The van der Waals surface area contributed by atoms with Crippen molar-refractivity contribution in [2.75, 3.05) is 0 Å². The van der Waals surface area contributed by atoms with E-state index in [0.29, 0.717) is 23.5 Å². The topological polar surface area (TPSA) is 50.4 Å². The molecule has 0 radical (unpaired) electrons. The molecule has 2 aliphatic carbocycles. The van der Waals surface area contributed by atoms with Crippen LogP contribution in [0.25, 0.3) is 0 Å². The zero-order valence-electron chi connectivity index (χ0n) is 11.1. The van der Waals surface area contributed by atoms with Crippen molar-refractivity contribution in [1.29, 1.82) is 0 Å². The summed E-state index contributed by atoms with van der Waals surface area (Å²) in [5, 5.41) is 10.2. The first kappa shape index (κ1) is 12.0. The Bertz CT molecular complexity index is 486. The van der Waals surface area contributed by atoms with Crippen molar-refractivity contribution in [3.05, 3.63) is 23.2 Å². The molecule has 0 saturated carbocycles. The molecule has 0 aliphatic heterocycles. The summed E-state index contributed by atoms with van der Waals surface area (Å²) in [4.78, 5) is 12.1. The van der Waals surface area contributed by atoms with Gasteiger partial charge in [-0.15, -0.1) is 0 Å². The van der Waals surface area contributed by atoms with Crippen LogP contribution in [-0.2, 0) is 0 Å². The number of carbonyl (C=O) groups excluding carboxylic acids is 1. The number of furan rings is 1. The lowest BCUT2D eigenvalue weighted by Gasteiger charge is -2.40. The van der Waals surface area contributed by atoms with E-state index in [2.05, 4.69) is 13.8 Å². The van der Waals surface area contributed by atoms with Crippen LogP contribution >= 0.6 is 0 Å². The van der Waals surface area contributed by atoms with Crippen molar-refractivity contribution in [3.63, 3.8) is 0 Å². The molecule has 4 atom stereocenters. The molecule has 0 aromatic carbocycles. The summed E-state index contributed by atoms with van der Waals surface area (Å²) in [6, 6.07) is 0. The van der Waals surface area contributed by atoms with Gasteiger partial charge in [-0.25, -0.2) is 0 Å². The number of rotatable bonds is 1. The van der Waals surface area contributed by atoms with E-state index < -0.39 is 6.10 Å². The smallest absolute Gasteiger partial charge is 0.201 e. The number of carbonyl (C=O) groups is 1. The Morgan fingerprint density at radius 2 is 2.11 bits per heavy atom. The molecule has 1 aromatic rings. The van der Waals surface area contributed by atoms with E-state index in [1.807, 2.05) is 6.92 Å². The Morgan fingerprint density at radius 3 is 2.78 bits per heavy atom. The van der Waals surface area contributed by atoms with Crippen molar-refractivity contribution < 1.29 is 14.3 Å². The van der Waals surface area contributed by atoms with Crippen LogP contribution in [0.3, 0.4) is 0 Å². The van der Waals surface area contributed by atoms with Gasteiger partial charge < -0.3 is 9.52 Å². The highest BCUT2D eigenvalue weighted by molar-refractivity contribution is 5.98. The van der Waals surface area contributed by atoms with Gasteiger partial charge in [0.05, 0.1) is 12.4 Å². The quantitative estimate of drug-likeness (QED) is 0.829. The van der Waals surface area contributed by atoms with Crippen LogP contribution in [0.5, 0.6) is 0 Å². The Hall–Kier alpha value is -1.09. The summed E-state index contributed by atoms with van der Waals surface area (Å²) in [7, 11) is 0. The van der Waals surface area contributed by atoms with Crippen molar-refractivity contribution in [1.82, 2.24) is 0 Å². The maximum absolute atomic E-state index is 12.1. The predicted molar refractivity (Wildman–Crippen MR) is 67.5 cm³/mol. The monoisotopic (exact) mass is 248 g/mol. The minimum atomic E-state index is -0.470. The van der Waals surface area contributed by atoms with Crippen LogP contribution in [0.15, 0.2) is 10.7 Å². The van der Waals surface area contributed by atoms with Gasteiger partial charge in [0.1, 0.15) is 0 Å². The normalized spacial score (nSPS) is 34.8. The van der Waals surface area contributed by atoms with Gasteiger partial charge in [0.2, 0.25) is 5.78 Å². The molecule has 0 fully saturated rings. The number of aliphatic hydroxyl groups is 1. The fourth-order valence-electron chi connectivity index (χ4n) is 3.72. The maximum Gasteiger partial charge on any atom is 0.201 e. The van der Waals surface area contributed by atoms with Crippen LogP contribution in [0.2, 0.25) is 0 Å². The number of Topliss-reactive ketones (excluding diaryl/α,β-unsaturated/α-hetero) is 1. The molecule has 3 nitrogen and oxygen atoms in total. The zero-order valence-corrected chi connectivity index (χ0v) is 11.1. The summed E-state index contributed by atoms with van der Waals surface area (Å²) in [5.74, 6) is 1.99. The highest BCUT2D eigenvalue weighted by atomic mass is 16.3. The molecule has 3 heteroatoms. The van der Waals surface area contributed by atoms with E-state index in [-0.39, 0.29) is 11.7 Å². The van der Waals surface area contributed by atoms with E-state index in [0.717, 1.165) is 24.0 Å². The van der Waals surface area contributed by atoms with Crippen molar-refractivity contribution in [3.8, 4) is 0 Å². The lowest BCUT2D eigenvalue weighted by atomic mass is 9.64. The van der Waals surface area contributed by atoms with Gasteiger partial charge in [-0.1, -0.05) is 20.8 Å². The molecule has 0 saturated heterocycles. The third-order valence-electron chi connectivity index (χ3n) is 4.74. The summed E-state index contributed by atoms with van der Waals surface area (Å²) in [5.41, 5.74) is 1.86. The molecule has 0 unspecified atom stereocenters. The van der Waals surface area contributed by atoms with E-state index in [9.17, 15) is 9.90 Å². The van der Waals surface area contributed by atoms with Gasteiger partial charge in [-0.3, -0.25) is 4.79 Å². The lowest BCUT2D eigenvalue weighted by molar-refractivity contribution is 0.0773.